The van der Waals surface area contributed by atoms with Crippen molar-refractivity contribution in [2.75, 3.05) is 12.8 Å². The van der Waals surface area contributed by atoms with Crippen LogP contribution in [-0.4, -0.2) is 17.1 Å². The molecule has 0 atom stereocenters. The van der Waals surface area contributed by atoms with Crippen LogP contribution in [0.1, 0.15) is 28.1 Å². The van der Waals surface area contributed by atoms with Crippen molar-refractivity contribution in [1.29, 1.82) is 0 Å². The highest BCUT2D eigenvalue weighted by Crippen LogP contribution is 2.26. The molecule has 0 saturated carbocycles. The summed E-state index contributed by atoms with van der Waals surface area (Å²) in [6.07, 6.45) is 7.55. The Balaban J connectivity index is 1.66. The first-order valence-corrected chi connectivity index (χ1v) is 8.82. The number of benzene rings is 1. The Morgan fingerprint density at radius 2 is 2.00 bits per heavy atom. The molecule has 3 aromatic rings. The van der Waals surface area contributed by atoms with Gasteiger partial charge in [0.25, 0.3) is 0 Å². The van der Waals surface area contributed by atoms with Crippen molar-refractivity contribution in [2.45, 2.75) is 25.7 Å². The Kier molecular flexibility index (Phi) is 5.43. The van der Waals surface area contributed by atoms with Crippen molar-refractivity contribution in [1.82, 2.24) is 9.97 Å². The topological polar surface area (TPSA) is 61.0 Å². The first-order chi connectivity index (χ1) is 11.7. The molecule has 0 bridgehead atoms. The standard InChI is InChI=1S/C19H21N3OS/c1-23-16-8-2-6-15(11-16)12-18-17(22-19(20)24-18)9-3-5-14-7-4-10-21-13-14/h2,4,6-8,10-11,13H,3,5,9,12H2,1H3,(H2,20,22). The Labute approximate surface area is 146 Å². The van der Waals surface area contributed by atoms with Gasteiger partial charge >= 0.3 is 0 Å². The molecule has 2 heterocycles. The van der Waals surface area contributed by atoms with E-state index in [0.717, 1.165) is 37.1 Å². The molecule has 0 amide bonds. The zero-order chi connectivity index (χ0) is 16.8. The van der Waals surface area contributed by atoms with Crippen molar-refractivity contribution >= 4 is 16.5 Å². The number of anilines is 1. The van der Waals surface area contributed by atoms with Crippen LogP contribution in [0, 0.1) is 0 Å². The highest BCUT2D eigenvalue weighted by atomic mass is 32.1. The van der Waals surface area contributed by atoms with Crippen LogP contribution >= 0.6 is 11.3 Å². The van der Waals surface area contributed by atoms with Gasteiger partial charge in [0.15, 0.2) is 5.13 Å². The lowest BCUT2D eigenvalue weighted by Crippen LogP contribution is -1.96. The predicted octanol–water partition coefficient (Wildman–Crippen LogP) is 3.90. The molecule has 4 nitrogen and oxygen atoms in total. The third kappa shape index (κ3) is 4.32. The van der Waals surface area contributed by atoms with Gasteiger partial charge in [-0.1, -0.05) is 18.2 Å². The highest BCUT2D eigenvalue weighted by Gasteiger charge is 2.11. The van der Waals surface area contributed by atoms with Crippen LogP contribution in [0.2, 0.25) is 0 Å². The van der Waals surface area contributed by atoms with E-state index in [1.54, 1.807) is 24.6 Å². The summed E-state index contributed by atoms with van der Waals surface area (Å²) in [6.45, 7) is 0. The fourth-order valence-electron chi connectivity index (χ4n) is 2.71. The van der Waals surface area contributed by atoms with Crippen molar-refractivity contribution in [3.8, 4) is 5.75 Å². The molecule has 0 saturated heterocycles. The predicted molar refractivity (Wildman–Crippen MR) is 98.6 cm³/mol. The number of nitrogens with two attached hydrogens (primary N) is 1. The molecule has 0 radical (unpaired) electrons. The van der Waals surface area contributed by atoms with Gasteiger partial charge in [0, 0.05) is 23.7 Å². The third-order valence-electron chi connectivity index (χ3n) is 3.90. The number of ether oxygens (including phenoxy) is 1. The maximum absolute atomic E-state index is 5.94. The molecular weight excluding hydrogens is 318 g/mol. The summed E-state index contributed by atoms with van der Waals surface area (Å²) in [5.41, 5.74) is 9.53. The minimum absolute atomic E-state index is 0.643. The summed E-state index contributed by atoms with van der Waals surface area (Å²) in [7, 11) is 1.69. The van der Waals surface area contributed by atoms with E-state index in [1.165, 1.54) is 16.0 Å². The number of aryl methyl sites for hydroxylation is 2. The minimum atomic E-state index is 0.643. The van der Waals surface area contributed by atoms with E-state index in [0.29, 0.717) is 5.13 Å². The van der Waals surface area contributed by atoms with Crippen molar-refractivity contribution in [2.24, 2.45) is 0 Å². The second kappa shape index (κ2) is 7.93. The number of nitrogen functional groups attached to an aromatic ring is 1. The number of thiazole rings is 1. The monoisotopic (exact) mass is 339 g/mol. The van der Waals surface area contributed by atoms with Gasteiger partial charge in [0.1, 0.15) is 5.75 Å². The SMILES string of the molecule is COc1cccc(Cc2sc(N)nc2CCCc2cccnc2)c1. The Hall–Kier alpha value is -2.40. The lowest BCUT2D eigenvalue weighted by molar-refractivity contribution is 0.414. The number of pyridine rings is 1. The van der Waals surface area contributed by atoms with Gasteiger partial charge in [-0.25, -0.2) is 4.98 Å². The van der Waals surface area contributed by atoms with Gasteiger partial charge < -0.3 is 10.5 Å². The summed E-state index contributed by atoms with van der Waals surface area (Å²) in [5.74, 6) is 0.878. The third-order valence-corrected chi connectivity index (χ3v) is 4.82. The molecule has 0 aliphatic rings. The lowest BCUT2D eigenvalue weighted by Gasteiger charge is -2.05. The molecule has 2 aromatic heterocycles. The second-order valence-electron chi connectivity index (χ2n) is 5.67. The van der Waals surface area contributed by atoms with Crippen LogP contribution < -0.4 is 10.5 Å². The van der Waals surface area contributed by atoms with E-state index in [-0.39, 0.29) is 0 Å². The van der Waals surface area contributed by atoms with Crippen LogP contribution in [-0.2, 0) is 19.3 Å². The zero-order valence-corrected chi connectivity index (χ0v) is 14.6. The summed E-state index contributed by atoms with van der Waals surface area (Å²) in [6, 6.07) is 12.2. The van der Waals surface area contributed by atoms with Gasteiger partial charge in [-0.2, -0.15) is 0 Å². The fourth-order valence-corrected chi connectivity index (χ4v) is 3.62. The van der Waals surface area contributed by atoms with Gasteiger partial charge in [0.05, 0.1) is 12.8 Å². The molecule has 124 valence electrons. The molecule has 0 aliphatic heterocycles. The van der Waals surface area contributed by atoms with Gasteiger partial charge in [-0.15, -0.1) is 11.3 Å². The van der Waals surface area contributed by atoms with Gasteiger partial charge in [-0.05, 0) is 48.6 Å². The molecule has 0 fully saturated rings. The largest absolute Gasteiger partial charge is 0.497 e. The van der Waals surface area contributed by atoms with Crippen LogP contribution in [0.15, 0.2) is 48.8 Å². The van der Waals surface area contributed by atoms with Gasteiger partial charge in [-0.3, -0.25) is 4.98 Å². The van der Waals surface area contributed by atoms with E-state index in [2.05, 4.69) is 28.2 Å². The van der Waals surface area contributed by atoms with E-state index in [9.17, 15) is 0 Å². The number of aromatic nitrogens is 2. The molecule has 3 rings (SSSR count). The number of rotatable bonds is 7. The molecule has 0 aliphatic carbocycles. The average Bonchev–Trinajstić information content (AvgIpc) is 2.95. The molecule has 2 N–H and O–H groups in total. The van der Waals surface area contributed by atoms with Crippen molar-refractivity contribution < 1.29 is 4.74 Å². The van der Waals surface area contributed by atoms with E-state index >= 15 is 0 Å². The molecule has 0 spiro atoms. The molecule has 24 heavy (non-hydrogen) atoms. The van der Waals surface area contributed by atoms with Crippen LogP contribution in [0.3, 0.4) is 0 Å². The summed E-state index contributed by atoms with van der Waals surface area (Å²) in [5, 5.41) is 0.643. The Morgan fingerprint density at radius 1 is 1.12 bits per heavy atom. The van der Waals surface area contributed by atoms with Crippen LogP contribution in [0.4, 0.5) is 5.13 Å². The Morgan fingerprint density at radius 3 is 2.79 bits per heavy atom. The molecule has 1 aromatic carbocycles. The van der Waals surface area contributed by atoms with E-state index in [4.69, 9.17) is 10.5 Å². The molecule has 0 unspecified atom stereocenters. The normalized spacial score (nSPS) is 10.7. The molecular formula is C19H21N3OS. The smallest absolute Gasteiger partial charge is 0.180 e. The first kappa shape index (κ1) is 16.5. The zero-order valence-electron chi connectivity index (χ0n) is 13.7. The summed E-state index contributed by atoms with van der Waals surface area (Å²) < 4.78 is 5.30. The van der Waals surface area contributed by atoms with E-state index < -0.39 is 0 Å². The maximum Gasteiger partial charge on any atom is 0.180 e. The Bertz CT molecular complexity index is 786. The van der Waals surface area contributed by atoms with E-state index in [1.807, 2.05) is 24.4 Å². The number of methoxy groups -OCH3 is 1. The maximum atomic E-state index is 5.94. The number of hydrogen-bond acceptors (Lipinski definition) is 5. The first-order valence-electron chi connectivity index (χ1n) is 8.00. The summed E-state index contributed by atoms with van der Waals surface area (Å²) in [4.78, 5) is 9.93. The van der Waals surface area contributed by atoms with Gasteiger partial charge in [0.2, 0.25) is 0 Å². The highest BCUT2D eigenvalue weighted by molar-refractivity contribution is 7.15. The molecule has 5 heteroatoms. The van der Waals surface area contributed by atoms with Crippen LogP contribution in [0.25, 0.3) is 0 Å². The van der Waals surface area contributed by atoms with Crippen molar-refractivity contribution in [3.63, 3.8) is 0 Å². The average molecular weight is 339 g/mol. The lowest BCUT2D eigenvalue weighted by atomic mass is 10.1. The van der Waals surface area contributed by atoms with Crippen molar-refractivity contribution in [3.05, 3.63) is 70.5 Å². The minimum Gasteiger partial charge on any atom is -0.497 e. The fraction of sp³-hybridized carbons (Fsp3) is 0.263. The number of nitrogens with zero attached hydrogens (tertiary/aromatic N) is 2. The second-order valence-corrected chi connectivity index (χ2v) is 6.78. The van der Waals surface area contributed by atoms with Crippen LogP contribution in [0.5, 0.6) is 5.75 Å². The number of hydrogen-bond donors (Lipinski definition) is 1. The quantitative estimate of drug-likeness (QED) is 0.709. The summed E-state index contributed by atoms with van der Waals surface area (Å²) >= 11 is 1.58.